The minimum absolute atomic E-state index is 0.000357. The molecule has 2 N–H and O–H groups in total. The van der Waals surface area contributed by atoms with Gasteiger partial charge < -0.3 is 15.3 Å². The topological polar surface area (TPSA) is 52.6 Å². The van der Waals surface area contributed by atoms with E-state index in [1.165, 1.54) is 0 Å². The van der Waals surface area contributed by atoms with Crippen molar-refractivity contribution in [2.75, 3.05) is 29.5 Å². The van der Waals surface area contributed by atoms with Gasteiger partial charge in [-0.25, -0.2) is 0 Å². The van der Waals surface area contributed by atoms with Crippen LogP contribution in [0.15, 0.2) is 24.3 Å². The van der Waals surface area contributed by atoms with Crippen LogP contribution in [0.1, 0.15) is 43.5 Å². The Labute approximate surface area is 143 Å². The summed E-state index contributed by atoms with van der Waals surface area (Å²) in [7, 11) is 0. The van der Waals surface area contributed by atoms with Gasteiger partial charge in [0.1, 0.15) is 0 Å². The molecule has 1 unspecified atom stereocenters. The third kappa shape index (κ3) is 5.74. The SMILES string of the molecule is CCSCCC(C)NC(=O)c1ccc(N2CCC(O)CC2)cc1. The Kier molecular flexibility index (Phi) is 7.24. The van der Waals surface area contributed by atoms with Gasteiger partial charge >= 0.3 is 0 Å². The third-order valence-electron chi connectivity index (χ3n) is 4.24. The molecule has 1 aromatic carbocycles. The van der Waals surface area contributed by atoms with Crippen LogP contribution >= 0.6 is 11.8 Å². The first-order chi connectivity index (χ1) is 11.1. The molecule has 5 heteroatoms. The van der Waals surface area contributed by atoms with Crippen molar-refractivity contribution in [3.63, 3.8) is 0 Å². The molecule has 0 radical (unpaired) electrons. The summed E-state index contributed by atoms with van der Waals surface area (Å²) in [5.41, 5.74) is 1.83. The summed E-state index contributed by atoms with van der Waals surface area (Å²) in [4.78, 5) is 14.5. The van der Waals surface area contributed by atoms with Gasteiger partial charge in [-0.2, -0.15) is 11.8 Å². The maximum atomic E-state index is 12.3. The van der Waals surface area contributed by atoms with Gasteiger partial charge in [-0.15, -0.1) is 0 Å². The monoisotopic (exact) mass is 336 g/mol. The van der Waals surface area contributed by atoms with Gasteiger partial charge in [-0.1, -0.05) is 6.92 Å². The zero-order valence-corrected chi connectivity index (χ0v) is 14.9. The molecular formula is C18H28N2O2S. The van der Waals surface area contributed by atoms with Crippen LogP contribution in [-0.4, -0.2) is 47.8 Å². The molecule has 2 rings (SSSR count). The molecule has 0 aliphatic carbocycles. The van der Waals surface area contributed by atoms with Gasteiger partial charge in [0.15, 0.2) is 0 Å². The van der Waals surface area contributed by atoms with Crippen LogP contribution in [0.2, 0.25) is 0 Å². The van der Waals surface area contributed by atoms with Gasteiger partial charge in [0.05, 0.1) is 6.10 Å². The molecule has 4 nitrogen and oxygen atoms in total. The number of anilines is 1. The number of aliphatic hydroxyl groups is 1. The lowest BCUT2D eigenvalue weighted by Gasteiger charge is -2.31. The van der Waals surface area contributed by atoms with Crippen LogP contribution in [0.5, 0.6) is 0 Å². The molecule has 1 heterocycles. The smallest absolute Gasteiger partial charge is 0.251 e. The van der Waals surface area contributed by atoms with E-state index in [1.54, 1.807) is 0 Å². The molecule has 1 saturated heterocycles. The Morgan fingerprint density at radius 3 is 2.61 bits per heavy atom. The number of nitrogens with zero attached hydrogens (tertiary/aromatic N) is 1. The van der Waals surface area contributed by atoms with Crippen LogP contribution in [0, 0.1) is 0 Å². The van der Waals surface area contributed by atoms with Gasteiger partial charge in [-0.3, -0.25) is 4.79 Å². The van der Waals surface area contributed by atoms with Crippen LogP contribution in [0.25, 0.3) is 0 Å². The predicted molar refractivity (Wildman–Crippen MR) is 98.4 cm³/mol. The Bertz CT molecular complexity index is 484. The molecule has 1 aliphatic rings. The van der Waals surface area contributed by atoms with Crippen molar-refractivity contribution >= 4 is 23.4 Å². The number of nitrogens with one attached hydrogen (secondary N) is 1. The Hall–Kier alpha value is -1.20. The number of piperidine rings is 1. The molecule has 23 heavy (non-hydrogen) atoms. The second-order valence-electron chi connectivity index (χ2n) is 6.13. The maximum Gasteiger partial charge on any atom is 0.251 e. The number of carbonyl (C=O) groups excluding carboxylic acids is 1. The van der Waals surface area contributed by atoms with E-state index in [0.29, 0.717) is 5.56 Å². The molecule has 0 spiro atoms. The Morgan fingerprint density at radius 2 is 2.00 bits per heavy atom. The standard InChI is InChI=1S/C18H28N2O2S/c1-3-23-13-10-14(2)19-18(22)15-4-6-16(7-5-15)20-11-8-17(21)9-12-20/h4-7,14,17,21H,3,8-13H2,1-2H3,(H,19,22). The fourth-order valence-corrected chi connectivity index (χ4v) is 3.54. The van der Waals surface area contributed by atoms with Gasteiger partial charge in [0, 0.05) is 30.4 Å². The number of hydrogen-bond donors (Lipinski definition) is 2. The zero-order valence-electron chi connectivity index (χ0n) is 14.1. The minimum Gasteiger partial charge on any atom is -0.393 e. The van der Waals surface area contributed by atoms with Crippen LogP contribution in [-0.2, 0) is 0 Å². The Balaban J connectivity index is 1.85. The highest BCUT2D eigenvalue weighted by atomic mass is 32.2. The second kappa shape index (κ2) is 9.18. The average molecular weight is 337 g/mol. The fourth-order valence-electron chi connectivity index (χ4n) is 2.73. The molecule has 1 fully saturated rings. The van der Waals surface area contributed by atoms with Gasteiger partial charge in [-0.05, 0) is 62.0 Å². The van der Waals surface area contributed by atoms with E-state index in [-0.39, 0.29) is 18.1 Å². The highest BCUT2D eigenvalue weighted by molar-refractivity contribution is 7.99. The fraction of sp³-hybridized carbons (Fsp3) is 0.611. The molecule has 1 aliphatic heterocycles. The quantitative estimate of drug-likeness (QED) is 0.752. The third-order valence-corrected chi connectivity index (χ3v) is 5.17. The van der Waals surface area contributed by atoms with Crippen LogP contribution in [0.3, 0.4) is 0 Å². The number of carbonyl (C=O) groups is 1. The summed E-state index contributed by atoms with van der Waals surface area (Å²) in [6.45, 7) is 5.96. The van der Waals surface area contributed by atoms with Crippen molar-refractivity contribution in [1.29, 1.82) is 0 Å². The molecule has 1 aromatic rings. The predicted octanol–water partition coefficient (Wildman–Crippen LogP) is 2.91. The lowest BCUT2D eigenvalue weighted by molar-refractivity contribution is 0.0939. The second-order valence-corrected chi connectivity index (χ2v) is 7.52. The van der Waals surface area contributed by atoms with Crippen molar-refractivity contribution in [2.24, 2.45) is 0 Å². The summed E-state index contributed by atoms with van der Waals surface area (Å²) in [6.07, 6.45) is 2.47. The molecule has 0 saturated carbocycles. The molecule has 0 aromatic heterocycles. The highest BCUT2D eigenvalue weighted by Crippen LogP contribution is 2.20. The highest BCUT2D eigenvalue weighted by Gasteiger charge is 2.17. The van der Waals surface area contributed by atoms with E-state index < -0.39 is 0 Å². The molecule has 0 bridgehead atoms. The first-order valence-corrected chi connectivity index (χ1v) is 9.67. The number of amides is 1. The molecule has 128 valence electrons. The van der Waals surface area contributed by atoms with E-state index in [1.807, 2.05) is 36.0 Å². The number of rotatable bonds is 7. The van der Waals surface area contributed by atoms with Crippen molar-refractivity contribution in [1.82, 2.24) is 5.32 Å². The summed E-state index contributed by atoms with van der Waals surface area (Å²) in [6, 6.07) is 7.99. The first kappa shape index (κ1) is 18.1. The van der Waals surface area contributed by atoms with E-state index >= 15 is 0 Å². The number of thioether (sulfide) groups is 1. The number of hydrogen-bond acceptors (Lipinski definition) is 4. The van der Waals surface area contributed by atoms with Gasteiger partial charge in [0.25, 0.3) is 5.91 Å². The number of benzene rings is 1. The van der Waals surface area contributed by atoms with E-state index in [9.17, 15) is 9.90 Å². The Morgan fingerprint density at radius 1 is 1.35 bits per heavy atom. The van der Waals surface area contributed by atoms with Gasteiger partial charge in [0.2, 0.25) is 0 Å². The molecule has 1 amide bonds. The first-order valence-electron chi connectivity index (χ1n) is 8.51. The summed E-state index contributed by atoms with van der Waals surface area (Å²) < 4.78 is 0. The summed E-state index contributed by atoms with van der Waals surface area (Å²) in [5, 5.41) is 12.6. The maximum absolute atomic E-state index is 12.3. The average Bonchev–Trinajstić information content (AvgIpc) is 2.56. The minimum atomic E-state index is -0.163. The van der Waals surface area contributed by atoms with E-state index in [4.69, 9.17) is 0 Å². The van der Waals surface area contributed by atoms with Crippen molar-refractivity contribution in [2.45, 2.75) is 45.3 Å². The summed E-state index contributed by atoms with van der Waals surface area (Å²) in [5.74, 6) is 2.20. The largest absolute Gasteiger partial charge is 0.393 e. The molecular weight excluding hydrogens is 308 g/mol. The number of aliphatic hydroxyl groups excluding tert-OH is 1. The normalized spacial score (nSPS) is 17.1. The van der Waals surface area contributed by atoms with Crippen molar-refractivity contribution in [3.8, 4) is 0 Å². The van der Waals surface area contributed by atoms with Crippen molar-refractivity contribution in [3.05, 3.63) is 29.8 Å². The summed E-state index contributed by atoms with van der Waals surface area (Å²) >= 11 is 1.90. The van der Waals surface area contributed by atoms with Crippen LogP contribution < -0.4 is 10.2 Å². The van der Waals surface area contributed by atoms with Crippen LogP contribution in [0.4, 0.5) is 5.69 Å². The van der Waals surface area contributed by atoms with E-state index in [2.05, 4.69) is 24.1 Å². The zero-order chi connectivity index (χ0) is 16.7. The lowest BCUT2D eigenvalue weighted by Crippen LogP contribution is -2.36. The molecule has 1 atom stereocenters. The lowest BCUT2D eigenvalue weighted by atomic mass is 10.1. The van der Waals surface area contributed by atoms with Crippen molar-refractivity contribution < 1.29 is 9.90 Å². The van der Waals surface area contributed by atoms with E-state index in [0.717, 1.165) is 49.5 Å².